The van der Waals surface area contributed by atoms with E-state index in [0.29, 0.717) is 12.5 Å². The standard InChI is InChI=1S/C34H44F4O2/c1-3-5-21-6-11-26-19-25(13-12-24(26)18-21)23-9-7-22(8-10-23)20-40-30-17-15-28(32(36)34(30)38)27-14-16-29(39-4-2)33(37)31(27)35/h14-17,21-26H,3-13,18-20H2,1-2H3. The zero-order valence-electron chi connectivity index (χ0n) is 24.0. The van der Waals surface area contributed by atoms with Crippen molar-refractivity contribution in [3.63, 3.8) is 0 Å². The zero-order chi connectivity index (χ0) is 28.2. The fraction of sp³-hybridized carbons (Fsp3) is 0.647. The lowest BCUT2D eigenvalue weighted by Gasteiger charge is -2.45. The minimum atomic E-state index is -1.27. The summed E-state index contributed by atoms with van der Waals surface area (Å²) in [6.07, 6.45) is 15.7. The monoisotopic (exact) mass is 560 g/mol. The van der Waals surface area contributed by atoms with Crippen molar-refractivity contribution in [2.75, 3.05) is 13.2 Å². The van der Waals surface area contributed by atoms with E-state index in [0.717, 1.165) is 42.4 Å². The van der Waals surface area contributed by atoms with E-state index in [-0.39, 0.29) is 29.2 Å². The van der Waals surface area contributed by atoms with Crippen LogP contribution in [0.3, 0.4) is 0 Å². The molecule has 40 heavy (non-hydrogen) atoms. The molecule has 3 fully saturated rings. The minimum absolute atomic E-state index is 0.160. The van der Waals surface area contributed by atoms with Gasteiger partial charge < -0.3 is 9.47 Å². The Bertz CT molecular complexity index is 1140. The Hall–Kier alpha value is -2.24. The van der Waals surface area contributed by atoms with Gasteiger partial charge in [-0.2, -0.15) is 8.78 Å². The smallest absolute Gasteiger partial charge is 0.201 e. The fourth-order valence-electron chi connectivity index (χ4n) is 8.01. The zero-order valence-corrected chi connectivity index (χ0v) is 24.0. The molecule has 0 aliphatic heterocycles. The molecule has 6 heteroatoms. The van der Waals surface area contributed by atoms with Crippen LogP contribution >= 0.6 is 0 Å². The molecule has 2 aromatic rings. The molecule has 0 N–H and O–H groups in total. The summed E-state index contributed by atoms with van der Waals surface area (Å²) in [7, 11) is 0. The fourth-order valence-corrected chi connectivity index (χ4v) is 8.01. The minimum Gasteiger partial charge on any atom is -0.491 e. The maximum atomic E-state index is 14.9. The highest BCUT2D eigenvalue weighted by molar-refractivity contribution is 5.67. The van der Waals surface area contributed by atoms with Crippen molar-refractivity contribution >= 4 is 0 Å². The molecular weight excluding hydrogens is 516 g/mol. The lowest BCUT2D eigenvalue weighted by atomic mass is 9.60. The van der Waals surface area contributed by atoms with Gasteiger partial charge in [0, 0.05) is 11.1 Å². The number of rotatable bonds is 9. The van der Waals surface area contributed by atoms with Gasteiger partial charge in [-0.3, -0.25) is 0 Å². The molecule has 0 amide bonds. The van der Waals surface area contributed by atoms with Crippen LogP contribution in [-0.2, 0) is 0 Å². The summed E-state index contributed by atoms with van der Waals surface area (Å²) in [4.78, 5) is 0. The second-order valence-corrected chi connectivity index (χ2v) is 12.6. The first kappa shape index (κ1) is 29.3. The van der Waals surface area contributed by atoms with Crippen LogP contribution in [0.15, 0.2) is 24.3 Å². The largest absolute Gasteiger partial charge is 0.491 e. The maximum Gasteiger partial charge on any atom is 0.201 e. The van der Waals surface area contributed by atoms with Gasteiger partial charge in [0.05, 0.1) is 13.2 Å². The van der Waals surface area contributed by atoms with Crippen LogP contribution in [-0.4, -0.2) is 13.2 Å². The number of benzene rings is 2. The van der Waals surface area contributed by atoms with E-state index in [1.54, 1.807) is 6.92 Å². The summed E-state index contributed by atoms with van der Waals surface area (Å²) in [6.45, 7) is 4.45. The second kappa shape index (κ2) is 13.2. The normalized spacial score (nSPS) is 28.6. The average Bonchev–Trinajstić information content (AvgIpc) is 2.97. The van der Waals surface area contributed by atoms with Gasteiger partial charge in [-0.25, -0.2) is 8.78 Å². The van der Waals surface area contributed by atoms with Gasteiger partial charge in [-0.05, 0) is 124 Å². The van der Waals surface area contributed by atoms with Crippen molar-refractivity contribution < 1.29 is 27.0 Å². The summed E-state index contributed by atoms with van der Waals surface area (Å²) >= 11 is 0. The third kappa shape index (κ3) is 6.31. The molecule has 0 radical (unpaired) electrons. The molecule has 0 saturated heterocycles. The molecule has 2 nitrogen and oxygen atoms in total. The maximum absolute atomic E-state index is 14.9. The van der Waals surface area contributed by atoms with E-state index in [1.807, 2.05) is 0 Å². The first-order valence-corrected chi connectivity index (χ1v) is 15.6. The molecule has 3 saturated carbocycles. The Morgan fingerprint density at radius 1 is 0.575 bits per heavy atom. The molecule has 3 aliphatic carbocycles. The van der Waals surface area contributed by atoms with Crippen LogP contribution in [0.2, 0.25) is 0 Å². The summed E-state index contributed by atoms with van der Waals surface area (Å²) in [6, 6.07) is 4.97. The van der Waals surface area contributed by atoms with Gasteiger partial charge in [-0.15, -0.1) is 0 Å². The third-order valence-corrected chi connectivity index (χ3v) is 10.2. The molecule has 2 aromatic carbocycles. The van der Waals surface area contributed by atoms with Crippen LogP contribution in [0.25, 0.3) is 11.1 Å². The summed E-state index contributed by atoms with van der Waals surface area (Å²) in [5.41, 5.74) is -0.705. The van der Waals surface area contributed by atoms with Crippen LogP contribution < -0.4 is 9.47 Å². The molecule has 3 aliphatic rings. The van der Waals surface area contributed by atoms with Crippen LogP contribution in [0.1, 0.15) is 90.9 Å². The van der Waals surface area contributed by atoms with Crippen molar-refractivity contribution in [1.82, 2.24) is 0 Å². The third-order valence-electron chi connectivity index (χ3n) is 10.2. The van der Waals surface area contributed by atoms with Crippen LogP contribution in [0, 0.1) is 58.8 Å². The van der Waals surface area contributed by atoms with Gasteiger partial charge in [-0.1, -0.05) is 26.2 Å². The van der Waals surface area contributed by atoms with E-state index >= 15 is 0 Å². The van der Waals surface area contributed by atoms with E-state index in [9.17, 15) is 17.6 Å². The quantitative estimate of drug-likeness (QED) is 0.284. The van der Waals surface area contributed by atoms with Crippen molar-refractivity contribution in [2.45, 2.75) is 90.9 Å². The molecule has 5 rings (SSSR count). The molecule has 0 aromatic heterocycles. The molecule has 4 unspecified atom stereocenters. The molecular formula is C34H44F4O2. The Morgan fingerprint density at radius 3 is 1.68 bits per heavy atom. The van der Waals surface area contributed by atoms with Crippen LogP contribution in [0.5, 0.6) is 11.5 Å². The predicted molar refractivity (Wildman–Crippen MR) is 150 cm³/mol. The molecule has 220 valence electrons. The Kier molecular flexibility index (Phi) is 9.63. The van der Waals surface area contributed by atoms with Crippen molar-refractivity contribution in [2.24, 2.45) is 35.5 Å². The van der Waals surface area contributed by atoms with Gasteiger partial charge in [0.15, 0.2) is 23.1 Å². The predicted octanol–water partition coefficient (Wildman–Crippen LogP) is 10.1. The van der Waals surface area contributed by atoms with E-state index in [2.05, 4.69) is 6.92 Å². The highest BCUT2D eigenvalue weighted by Gasteiger charge is 2.38. The molecule has 0 bridgehead atoms. The van der Waals surface area contributed by atoms with Crippen LogP contribution in [0.4, 0.5) is 17.6 Å². The summed E-state index contributed by atoms with van der Waals surface area (Å²) in [5.74, 6) is -0.571. The topological polar surface area (TPSA) is 18.5 Å². The SMILES string of the molecule is CCCC1CCC2CC(C3CCC(COc4ccc(-c5ccc(OCC)c(F)c5F)c(F)c4F)CC3)CCC2C1. The molecule has 0 heterocycles. The Balaban J connectivity index is 1.13. The Labute approximate surface area is 236 Å². The van der Waals surface area contributed by atoms with Gasteiger partial charge >= 0.3 is 0 Å². The van der Waals surface area contributed by atoms with Gasteiger partial charge in [0.2, 0.25) is 11.6 Å². The van der Waals surface area contributed by atoms with E-state index < -0.39 is 23.3 Å². The van der Waals surface area contributed by atoms with E-state index in [1.165, 1.54) is 88.5 Å². The van der Waals surface area contributed by atoms with Crippen molar-refractivity contribution in [3.05, 3.63) is 47.5 Å². The average molecular weight is 561 g/mol. The lowest BCUT2D eigenvalue weighted by molar-refractivity contribution is 0.0544. The first-order valence-electron chi connectivity index (χ1n) is 15.6. The lowest BCUT2D eigenvalue weighted by Crippen LogP contribution is -2.35. The summed E-state index contributed by atoms with van der Waals surface area (Å²) < 4.78 is 69.5. The van der Waals surface area contributed by atoms with Gasteiger partial charge in [0.1, 0.15) is 0 Å². The number of halogens is 4. The second-order valence-electron chi connectivity index (χ2n) is 12.6. The highest BCUT2D eigenvalue weighted by atomic mass is 19.2. The highest BCUT2D eigenvalue weighted by Crippen LogP contribution is 2.49. The number of ether oxygens (including phenoxy) is 2. The van der Waals surface area contributed by atoms with Crippen molar-refractivity contribution in [1.29, 1.82) is 0 Å². The first-order chi connectivity index (χ1) is 19.4. The Morgan fingerprint density at radius 2 is 1.07 bits per heavy atom. The van der Waals surface area contributed by atoms with Crippen molar-refractivity contribution in [3.8, 4) is 22.6 Å². The number of hydrogen-bond donors (Lipinski definition) is 0. The molecule has 0 spiro atoms. The number of fused-ring (bicyclic) bond motifs is 1. The number of hydrogen-bond acceptors (Lipinski definition) is 2. The van der Waals surface area contributed by atoms with Gasteiger partial charge in [0.25, 0.3) is 0 Å². The molecule has 4 atom stereocenters. The van der Waals surface area contributed by atoms with E-state index in [4.69, 9.17) is 9.47 Å². The summed E-state index contributed by atoms with van der Waals surface area (Å²) in [5, 5.41) is 0.